The number of thioether (sulfide) groups is 1. The van der Waals surface area contributed by atoms with E-state index in [0.29, 0.717) is 5.92 Å². The summed E-state index contributed by atoms with van der Waals surface area (Å²) in [7, 11) is 0. The maximum atomic E-state index is 11.2. The third-order valence-corrected chi connectivity index (χ3v) is 4.11. The molecule has 1 fully saturated rings. The van der Waals surface area contributed by atoms with E-state index in [9.17, 15) is 9.59 Å². The van der Waals surface area contributed by atoms with Crippen LogP contribution < -0.4 is 0 Å². The molecule has 1 aromatic rings. The lowest BCUT2D eigenvalue weighted by Gasteiger charge is -2.21. The second kappa shape index (κ2) is 5.36. The lowest BCUT2D eigenvalue weighted by atomic mass is 9.92. The van der Waals surface area contributed by atoms with Gasteiger partial charge in [-0.05, 0) is 35.8 Å². The summed E-state index contributed by atoms with van der Waals surface area (Å²) in [6.45, 7) is 0. The molecule has 0 radical (unpaired) electrons. The molecule has 1 aliphatic heterocycles. The lowest BCUT2D eigenvalue weighted by Crippen LogP contribution is -2.13. The highest BCUT2D eigenvalue weighted by molar-refractivity contribution is 7.99. The van der Waals surface area contributed by atoms with Gasteiger partial charge in [0.1, 0.15) is 0 Å². The van der Waals surface area contributed by atoms with Crippen molar-refractivity contribution in [1.29, 1.82) is 0 Å². The summed E-state index contributed by atoms with van der Waals surface area (Å²) in [6.07, 6.45) is 2.33. The van der Waals surface area contributed by atoms with Gasteiger partial charge in [0.2, 0.25) is 0 Å². The van der Waals surface area contributed by atoms with Crippen LogP contribution >= 0.6 is 11.8 Å². The monoisotopic (exact) mass is 250 g/mol. The number of hydrogen-bond donors (Lipinski definition) is 1. The Balaban J connectivity index is 2.12. The third kappa shape index (κ3) is 2.88. The zero-order chi connectivity index (χ0) is 12.3. The van der Waals surface area contributed by atoms with Crippen LogP contribution in [0.3, 0.4) is 0 Å². The van der Waals surface area contributed by atoms with E-state index in [1.165, 1.54) is 17.1 Å². The third-order valence-electron chi connectivity index (χ3n) is 3.06. The van der Waals surface area contributed by atoms with Gasteiger partial charge in [-0.25, -0.2) is 4.79 Å². The first kappa shape index (κ1) is 12.2. The van der Waals surface area contributed by atoms with Crippen LogP contribution in [0.15, 0.2) is 24.3 Å². The molecule has 0 aromatic heterocycles. The van der Waals surface area contributed by atoms with E-state index in [0.717, 1.165) is 12.8 Å². The predicted molar refractivity (Wildman–Crippen MR) is 67.7 cm³/mol. The molecule has 2 rings (SSSR count). The summed E-state index contributed by atoms with van der Waals surface area (Å²) in [6, 6.07) is 7.01. The number of Topliss-reactive ketones (excluding diaryl/α,β-unsaturated/α-hetero) is 1. The Morgan fingerprint density at radius 1 is 1.12 bits per heavy atom. The van der Waals surface area contributed by atoms with Crippen LogP contribution in [0.1, 0.15) is 34.7 Å². The Labute approximate surface area is 104 Å². The van der Waals surface area contributed by atoms with Crippen molar-refractivity contribution in [2.45, 2.75) is 18.8 Å². The van der Waals surface area contributed by atoms with Gasteiger partial charge in [0, 0.05) is 5.56 Å². The average Bonchev–Trinajstić information content (AvgIpc) is 2.39. The van der Waals surface area contributed by atoms with Gasteiger partial charge in [-0.15, -0.1) is 0 Å². The summed E-state index contributed by atoms with van der Waals surface area (Å²) in [5.74, 6) is 0.689. The maximum Gasteiger partial charge on any atom is 0.377 e. The average molecular weight is 250 g/mol. The molecule has 90 valence electrons. The van der Waals surface area contributed by atoms with Crippen molar-refractivity contribution in [2.24, 2.45) is 0 Å². The Morgan fingerprint density at radius 2 is 1.71 bits per heavy atom. The largest absolute Gasteiger partial charge is 0.475 e. The predicted octanol–water partition coefficient (Wildman–Crippen LogP) is 2.56. The minimum absolute atomic E-state index is 0.256. The molecule has 1 aromatic carbocycles. The molecule has 1 N–H and O–H groups in total. The van der Waals surface area contributed by atoms with Crippen LogP contribution in [0.25, 0.3) is 0 Å². The summed E-state index contributed by atoms with van der Waals surface area (Å²) < 4.78 is 0. The van der Waals surface area contributed by atoms with Crippen LogP contribution in [0.4, 0.5) is 0 Å². The molecule has 3 nitrogen and oxygen atoms in total. The van der Waals surface area contributed by atoms with Gasteiger partial charge in [-0.2, -0.15) is 11.8 Å². The van der Waals surface area contributed by atoms with Gasteiger partial charge in [-0.3, -0.25) is 4.79 Å². The summed E-state index contributed by atoms with van der Waals surface area (Å²) >= 11 is 1.97. The molecule has 1 heterocycles. The molecule has 0 unspecified atom stereocenters. The summed E-state index contributed by atoms with van der Waals surface area (Å²) in [5.41, 5.74) is 1.47. The Morgan fingerprint density at radius 3 is 2.24 bits per heavy atom. The van der Waals surface area contributed by atoms with E-state index in [1.54, 1.807) is 12.1 Å². The van der Waals surface area contributed by atoms with Crippen molar-refractivity contribution >= 4 is 23.5 Å². The fourth-order valence-electron chi connectivity index (χ4n) is 2.06. The molecule has 0 aliphatic carbocycles. The Kier molecular flexibility index (Phi) is 3.84. The number of rotatable bonds is 3. The molecular formula is C13H14O3S. The highest BCUT2D eigenvalue weighted by Gasteiger charge is 2.18. The molecule has 1 aliphatic rings. The first-order valence-electron chi connectivity index (χ1n) is 5.64. The van der Waals surface area contributed by atoms with E-state index in [-0.39, 0.29) is 5.56 Å². The molecule has 0 spiro atoms. The van der Waals surface area contributed by atoms with Gasteiger partial charge in [0.15, 0.2) is 0 Å². The van der Waals surface area contributed by atoms with Crippen LogP contribution in [0, 0.1) is 0 Å². The molecule has 17 heavy (non-hydrogen) atoms. The van der Waals surface area contributed by atoms with Crippen molar-refractivity contribution < 1.29 is 14.7 Å². The fourth-order valence-corrected chi connectivity index (χ4v) is 3.17. The first-order chi connectivity index (χ1) is 8.18. The summed E-state index contributed by atoms with van der Waals surface area (Å²) in [4.78, 5) is 21.8. The summed E-state index contributed by atoms with van der Waals surface area (Å²) in [5, 5.41) is 8.60. The van der Waals surface area contributed by atoms with E-state index >= 15 is 0 Å². The van der Waals surface area contributed by atoms with Crippen molar-refractivity contribution in [3.63, 3.8) is 0 Å². The molecular weight excluding hydrogens is 236 g/mol. The number of carboxylic acids is 1. The molecule has 0 atom stereocenters. The van der Waals surface area contributed by atoms with Crippen molar-refractivity contribution in [3.8, 4) is 0 Å². The number of carboxylic acid groups (broad SMARTS) is 1. The van der Waals surface area contributed by atoms with Crippen LogP contribution in [0.2, 0.25) is 0 Å². The molecule has 0 amide bonds. The highest BCUT2D eigenvalue weighted by Crippen LogP contribution is 2.31. The topological polar surface area (TPSA) is 54.4 Å². The zero-order valence-electron chi connectivity index (χ0n) is 9.39. The number of carbonyl (C=O) groups excluding carboxylic acids is 1. The number of carbonyl (C=O) groups is 2. The maximum absolute atomic E-state index is 11.2. The standard InChI is InChI=1S/C13H14O3S/c14-12(13(15)16)11-3-1-9(2-4-11)10-5-7-17-8-6-10/h1-4,10H,5-8H2,(H,15,16). The SMILES string of the molecule is O=C(O)C(=O)c1ccc(C2CCSCC2)cc1. The zero-order valence-corrected chi connectivity index (χ0v) is 10.2. The lowest BCUT2D eigenvalue weighted by molar-refractivity contribution is -0.131. The number of ketones is 1. The van der Waals surface area contributed by atoms with Gasteiger partial charge in [0.05, 0.1) is 0 Å². The molecule has 0 bridgehead atoms. The minimum Gasteiger partial charge on any atom is -0.475 e. The van der Waals surface area contributed by atoms with E-state index in [1.807, 2.05) is 23.9 Å². The Bertz CT molecular complexity index is 419. The highest BCUT2D eigenvalue weighted by atomic mass is 32.2. The quantitative estimate of drug-likeness (QED) is 0.661. The normalized spacial score (nSPS) is 16.7. The molecule has 1 saturated heterocycles. The van der Waals surface area contributed by atoms with Gasteiger partial charge in [-0.1, -0.05) is 24.3 Å². The minimum atomic E-state index is -1.40. The number of hydrogen-bond acceptors (Lipinski definition) is 3. The Hall–Kier alpha value is -1.29. The second-order valence-electron chi connectivity index (χ2n) is 4.14. The van der Waals surface area contributed by atoms with Crippen molar-refractivity contribution in [3.05, 3.63) is 35.4 Å². The van der Waals surface area contributed by atoms with Crippen molar-refractivity contribution in [1.82, 2.24) is 0 Å². The number of benzene rings is 1. The smallest absolute Gasteiger partial charge is 0.377 e. The molecule has 0 saturated carbocycles. The van der Waals surface area contributed by atoms with Crippen molar-refractivity contribution in [2.75, 3.05) is 11.5 Å². The molecule has 4 heteroatoms. The second-order valence-corrected chi connectivity index (χ2v) is 5.37. The van der Waals surface area contributed by atoms with Gasteiger partial charge in [0.25, 0.3) is 5.78 Å². The van der Waals surface area contributed by atoms with E-state index in [2.05, 4.69) is 0 Å². The van der Waals surface area contributed by atoms with Crippen LogP contribution in [-0.2, 0) is 4.79 Å². The van der Waals surface area contributed by atoms with Crippen LogP contribution in [0.5, 0.6) is 0 Å². The van der Waals surface area contributed by atoms with E-state index in [4.69, 9.17) is 5.11 Å². The fraction of sp³-hybridized carbons (Fsp3) is 0.385. The van der Waals surface area contributed by atoms with Gasteiger partial charge >= 0.3 is 5.97 Å². The van der Waals surface area contributed by atoms with E-state index < -0.39 is 11.8 Å². The first-order valence-corrected chi connectivity index (χ1v) is 6.79. The van der Waals surface area contributed by atoms with Gasteiger partial charge < -0.3 is 5.11 Å². The number of aliphatic carboxylic acids is 1. The van der Waals surface area contributed by atoms with Crippen LogP contribution in [-0.4, -0.2) is 28.4 Å².